The number of fused-ring (bicyclic) bond motifs is 1. The van der Waals surface area contributed by atoms with Crippen molar-refractivity contribution in [3.63, 3.8) is 0 Å². The average Bonchev–Trinajstić information content (AvgIpc) is 2.41. The van der Waals surface area contributed by atoms with Crippen LogP contribution in [-0.4, -0.2) is 24.7 Å². The van der Waals surface area contributed by atoms with Gasteiger partial charge < -0.3 is 16.0 Å². The highest BCUT2D eigenvalue weighted by Crippen LogP contribution is 2.23. The van der Waals surface area contributed by atoms with Gasteiger partial charge in [0.15, 0.2) is 0 Å². The molecule has 1 aliphatic heterocycles. The normalized spacial score (nSPS) is 15.1. The number of rotatable bonds is 2. The van der Waals surface area contributed by atoms with Crippen LogP contribution in [0.2, 0.25) is 0 Å². The predicted molar refractivity (Wildman–Crippen MR) is 64.4 cm³/mol. The maximum Gasteiger partial charge on any atom is 0.252 e. The Morgan fingerprint density at radius 3 is 3.06 bits per heavy atom. The van der Waals surface area contributed by atoms with Crippen LogP contribution in [0, 0.1) is 5.41 Å². The number of carbonyl (C=O) groups is 1. The van der Waals surface area contributed by atoms with Gasteiger partial charge in [-0.25, -0.2) is 0 Å². The Morgan fingerprint density at radius 1 is 1.50 bits per heavy atom. The standard InChI is InChI=1S/C12H15N3O/c1-2-14-10-5-3-4-8-11(10)9(13)6-7-15-12(8)16/h3-5,13-14H,2,6-7H2,1H3,(H,15,16). The molecular weight excluding hydrogens is 202 g/mol. The molecule has 0 saturated heterocycles. The van der Waals surface area contributed by atoms with Crippen molar-refractivity contribution in [3.8, 4) is 0 Å². The third-order valence-corrected chi connectivity index (χ3v) is 2.64. The molecule has 2 rings (SSSR count). The van der Waals surface area contributed by atoms with E-state index < -0.39 is 0 Å². The van der Waals surface area contributed by atoms with E-state index in [0.29, 0.717) is 24.2 Å². The zero-order chi connectivity index (χ0) is 11.5. The molecule has 3 N–H and O–H groups in total. The summed E-state index contributed by atoms with van der Waals surface area (Å²) in [5.41, 5.74) is 2.74. The summed E-state index contributed by atoms with van der Waals surface area (Å²) in [6.07, 6.45) is 0.584. The number of carbonyl (C=O) groups excluding carboxylic acids is 1. The SMILES string of the molecule is CCNc1cccc2c1C(=N)CCNC2=O. The first kappa shape index (κ1) is 10.7. The smallest absolute Gasteiger partial charge is 0.252 e. The van der Waals surface area contributed by atoms with Crippen LogP contribution in [0.15, 0.2) is 18.2 Å². The fourth-order valence-electron chi connectivity index (χ4n) is 1.93. The molecule has 1 heterocycles. The van der Waals surface area contributed by atoms with Gasteiger partial charge in [0, 0.05) is 36.5 Å². The molecule has 0 spiro atoms. The van der Waals surface area contributed by atoms with E-state index in [-0.39, 0.29) is 5.91 Å². The highest BCUT2D eigenvalue weighted by atomic mass is 16.1. The molecule has 1 aromatic carbocycles. The molecule has 84 valence electrons. The van der Waals surface area contributed by atoms with Crippen LogP contribution in [0.25, 0.3) is 0 Å². The molecule has 0 saturated carbocycles. The molecule has 4 nitrogen and oxygen atoms in total. The van der Waals surface area contributed by atoms with Crippen molar-refractivity contribution in [1.29, 1.82) is 5.41 Å². The predicted octanol–water partition coefficient (Wildman–Crippen LogP) is 1.62. The van der Waals surface area contributed by atoms with Gasteiger partial charge in [-0.15, -0.1) is 0 Å². The van der Waals surface area contributed by atoms with E-state index in [0.717, 1.165) is 17.8 Å². The van der Waals surface area contributed by atoms with Crippen molar-refractivity contribution in [3.05, 3.63) is 29.3 Å². The highest BCUT2D eigenvalue weighted by Gasteiger charge is 2.20. The Labute approximate surface area is 94.6 Å². The minimum absolute atomic E-state index is 0.0861. The lowest BCUT2D eigenvalue weighted by Gasteiger charge is -2.12. The summed E-state index contributed by atoms with van der Waals surface area (Å²) in [6, 6.07) is 5.52. The van der Waals surface area contributed by atoms with Gasteiger partial charge in [0.2, 0.25) is 0 Å². The Bertz CT molecular complexity index is 440. The van der Waals surface area contributed by atoms with Crippen molar-refractivity contribution in [2.75, 3.05) is 18.4 Å². The quantitative estimate of drug-likeness (QED) is 0.704. The lowest BCUT2D eigenvalue weighted by Crippen LogP contribution is -2.22. The van der Waals surface area contributed by atoms with Crippen LogP contribution in [-0.2, 0) is 0 Å². The highest BCUT2D eigenvalue weighted by molar-refractivity contribution is 6.13. The Balaban J connectivity index is 2.56. The molecule has 0 radical (unpaired) electrons. The fourth-order valence-corrected chi connectivity index (χ4v) is 1.93. The van der Waals surface area contributed by atoms with Crippen LogP contribution < -0.4 is 10.6 Å². The second-order valence-electron chi connectivity index (χ2n) is 3.74. The third kappa shape index (κ3) is 1.78. The number of hydrogen-bond donors (Lipinski definition) is 3. The maximum absolute atomic E-state index is 11.8. The molecule has 0 aliphatic carbocycles. The van der Waals surface area contributed by atoms with Gasteiger partial charge in [0.05, 0.1) is 5.56 Å². The van der Waals surface area contributed by atoms with Crippen molar-refractivity contribution in [2.24, 2.45) is 0 Å². The van der Waals surface area contributed by atoms with Gasteiger partial charge in [-0.1, -0.05) is 6.07 Å². The van der Waals surface area contributed by atoms with Crippen LogP contribution in [0.4, 0.5) is 5.69 Å². The molecule has 1 amide bonds. The second-order valence-corrected chi connectivity index (χ2v) is 3.74. The van der Waals surface area contributed by atoms with E-state index in [4.69, 9.17) is 5.41 Å². The van der Waals surface area contributed by atoms with Gasteiger partial charge in [0.25, 0.3) is 5.91 Å². The first-order chi connectivity index (χ1) is 7.74. The average molecular weight is 217 g/mol. The number of benzene rings is 1. The largest absolute Gasteiger partial charge is 0.385 e. The minimum Gasteiger partial charge on any atom is -0.385 e. The topological polar surface area (TPSA) is 65.0 Å². The second kappa shape index (κ2) is 4.35. The molecule has 1 aromatic rings. The monoisotopic (exact) mass is 217 g/mol. The van der Waals surface area contributed by atoms with Crippen LogP contribution in [0.5, 0.6) is 0 Å². The molecule has 0 bridgehead atoms. The minimum atomic E-state index is -0.0861. The Kier molecular flexibility index (Phi) is 2.90. The fraction of sp³-hybridized carbons (Fsp3) is 0.333. The van der Waals surface area contributed by atoms with Gasteiger partial charge >= 0.3 is 0 Å². The van der Waals surface area contributed by atoms with E-state index in [9.17, 15) is 4.79 Å². The first-order valence-electron chi connectivity index (χ1n) is 5.47. The maximum atomic E-state index is 11.8. The van der Waals surface area contributed by atoms with Crippen LogP contribution in [0.3, 0.4) is 0 Å². The summed E-state index contributed by atoms with van der Waals surface area (Å²) in [7, 11) is 0. The summed E-state index contributed by atoms with van der Waals surface area (Å²) in [5, 5.41) is 14.0. The molecule has 0 aromatic heterocycles. The van der Waals surface area contributed by atoms with E-state index in [2.05, 4.69) is 10.6 Å². The molecule has 16 heavy (non-hydrogen) atoms. The summed E-state index contributed by atoms with van der Waals surface area (Å²) >= 11 is 0. The number of anilines is 1. The molecular formula is C12H15N3O. The lowest BCUT2D eigenvalue weighted by molar-refractivity contribution is 0.0956. The van der Waals surface area contributed by atoms with Gasteiger partial charge in [-0.3, -0.25) is 4.79 Å². The summed E-state index contributed by atoms with van der Waals surface area (Å²) in [4.78, 5) is 11.8. The number of amides is 1. The zero-order valence-corrected chi connectivity index (χ0v) is 9.26. The Hall–Kier alpha value is -1.84. The number of nitrogens with one attached hydrogen (secondary N) is 3. The molecule has 0 unspecified atom stereocenters. The molecule has 1 aliphatic rings. The lowest BCUT2D eigenvalue weighted by atomic mass is 9.99. The Morgan fingerprint density at radius 2 is 2.31 bits per heavy atom. The first-order valence-corrected chi connectivity index (χ1v) is 5.47. The van der Waals surface area contributed by atoms with Crippen molar-refractivity contribution >= 4 is 17.3 Å². The molecule has 0 atom stereocenters. The van der Waals surface area contributed by atoms with E-state index in [1.165, 1.54) is 0 Å². The zero-order valence-electron chi connectivity index (χ0n) is 9.26. The van der Waals surface area contributed by atoms with Gasteiger partial charge in [0.1, 0.15) is 0 Å². The van der Waals surface area contributed by atoms with Crippen molar-refractivity contribution < 1.29 is 4.79 Å². The van der Waals surface area contributed by atoms with E-state index in [1.54, 1.807) is 6.07 Å². The summed E-state index contributed by atoms with van der Waals surface area (Å²) in [5.74, 6) is -0.0861. The number of hydrogen-bond acceptors (Lipinski definition) is 3. The van der Waals surface area contributed by atoms with Crippen LogP contribution in [0.1, 0.15) is 29.3 Å². The van der Waals surface area contributed by atoms with Crippen molar-refractivity contribution in [1.82, 2.24) is 5.32 Å². The van der Waals surface area contributed by atoms with Gasteiger partial charge in [-0.2, -0.15) is 0 Å². The third-order valence-electron chi connectivity index (χ3n) is 2.64. The summed E-state index contributed by atoms with van der Waals surface area (Å²) in [6.45, 7) is 3.32. The van der Waals surface area contributed by atoms with Gasteiger partial charge in [-0.05, 0) is 19.1 Å². The summed E-state index contributed by atoms with van der Waals surface area (Å²) < 4.78 is 0. The van der Waals surface area contributed by atoms with E-state index in [1.807, 2.05) is 19.1 Å². The van der Waals surface area contributed by atoms with Crippen molar-refractivity contribution in [2.45, 2.75) is 13.3 Å². The molecule has 4 heteroatoms. The van der Waals surface area contributed by atoms with E-state index >= 15 is 0 Å². The van der Waals surface area contributed by atoms with Crippen LogP contribution >= 0.6 is 0 Å². The molecule has 0 fully saturated rings.